The highest BCUT2D eigenvalue weighted by atomic mass is 16.7. The summed E-state index contributed by atoms with van der Waals surface area (Å²) in [6, 6.07) is 78.4. The summed E-state index contributed by atoms with van der Waals surface area (Å²) in [5.74, 6) is 1.51. The van der Waals surface area contributed by atoms with E-state index in [1.807, 2.05) is 237 Å². The summed E-state index contributed by atoms with van der Waals surface area (Å²) in [5.41, 5.74) is 7.45. The molecule has 410 valence electrons. The molecule has 9 aromatic rings. The van der Waals surface area contributed by atoms with E-state index in [9.17, 15) is 0 Å². The normalized spacial score (nSPS) is 19.4. The van der Waals surface area contributed by atoms with Gasteiger partial charge in [0.1, 0.15) is 67.6 Å². The lowest BCUT2D eigenvalue weighted by Crippen LogP contribution is -2.61. The molecule has 2 unspecified atom stereocenters. The molecule has 2 heterocycles. The molecule has 81 heavy (non-hydrogen) atoms. The van der Waals surface area contributed by atoms with Crippen molar-refractivity contribution in [1.29, 1.82) is 0 Å². The van der Waals surface area contributed by atoms with Crippen LogP contribution >= 0.6 is 0 Å². The van der Waals surface area contributed by atoms with E-state index in [1.165, 1.54) is 0 Å². The molecule has 0 saturated carbocycles. The molecule has 11 heteroatoms. The van der Waals surface area contributed by atoms with Crippen LogP contribution in [0.1, 0.15) is 67.9 Å². The number of ketones is 1. The summed E-state index contributed by atoms with van der Waals surface area (Å²) < 4.78 is 68.4. The van der Waals surface area contributed by atoms with Crippen LogP contribution < -0.4 is 23.7 Å². The van der Waals surface area contributed by atoms with Gasteiger partial charge >= 0.3 is 0 Å². The highest BCUT2D eigenvalue weighted by Crippen LogP contribution is 2.46. The molecular formula is C70H64O11. The van der Waals surface area contributed by atoms with Crippen LogP contribution in [0.3, 0.4) is 0 Å². The quantitative estimate of drug-likeness (QED) is 0.0577. The van der Waals surface area contributed by atoms with Crippen LogP contribution in [-0.2, 0) is 69.9 Å². The first-order chi connectivity index (χ1) is 40.0. The van der Waals surface area contributed by atoms with Gasteiger partial charge in [-0.3, -0.25) is 4.79 Å². The highest BCUT2D eigenvalue weighted by molar-refractivity contribution is 6.06. The zero-order chi connectivity index (χ0) is 55.0. The Kier molecular flexibility index (Phi) is 18.2. The summed E-state index contributed by atoms with van der Waals surface area (Å²) in [4.78, 5) is 16.1. The largest absolute Gasteiger partial charge is 0.489 e. The minimum atomic E-state index is -1.36. The smallest absolute Gasteiger partial charge is 0.203 e. The van der Waals surface area contributed by atoms with Crippen molar-refractivity contribution in [3.8, 4) is 28.7 Å². The summed E-state index contributed by atoms with van der Waals surface area (Å²) in [6.45, 7) is 3.60. The van der Waals surface area contributed by atoms with Gasteiger partial charge in [-0.1, -0.05) is 218 Å². The monoisotopic (exact) mass is 1080 g/mol. The molecule has 1 saturated heterocycles. The predicted octanol–water partition coefficient (Wildman–Crippen LogP) is 14.2. The average molecular weight is 1080 g/mol. The summed E-state index contributed by atoms with van der Waals surface area (Å²) in [5, 5.41) is 0. The molecule has 0 N–H and O–H groups in total. The fraction of sp³-hybridized carbons (Fsp3) is 0.214. The zero-order valence-electron chi connectivity index (χ0n) is 45.1. The van der Waals surface area contributed by atoms with Gasteiger partial charge in [0.15, 0.2) is 30.0 Å². The van der Waals surface area contributed by atoms with Crippen molar-refractivity contribution in [1.82, 2.24) is 0 Å². The van der Waals surface area contributed by atoms with E-state index < -0.39 is 48.7 Å². The van der Waals surface area contributed by atoms with Gasteiger partial charge in [-0.25, -0.2) is 0 Å². The molecule has 0 bridgehead atoms. The number of Topliss-reactive ketones (excluding diaryl/α,β-unsaturated/α-hetero) is 1. The maximum atomic E-state index is 16.1. The molecule has 0 spiro atoms. The van der Waals surface area contributed by atoms with Gasteiger partial charge in [-0.05, 0) is 63.6 Å². The number of carbonyl (C=O) groups is 1. The third-order valence-electron chi connectivity index (χ3n) is 14.2. The van der Waals surface area contributed by atoms with Gasteiger partial charge in [0.05, 0.1) is 25.9 Å². The lowest BCUT2D eigenvalue weighted by molar-refractivity contribution is -0.328. The van der Waals surface area contributed by atoms with Crippen LogP contribution in [0.15, 0.2) is 243 Å². The minimum absolute atomic E-state index is 0.160. The van der Waals surface area contributed by atoms with Crippen molar-refractivity contribution in [3.63, 3.8) is 0 Å². The molecule has 0 radical (unpaired) electrons. The average Bonchev–Trinajstić information content (AvgIpc) is 3.61. The zero-order valence-corrected chi connectivity index (χ0v) is 45.1. The second kappa shape index (κ2) is 27.1. The van der Waals surface area contributed by atoms with Gasteiger partial charge in [-0.2, -0.15) is 0 Å². The highest BCUT2D eigenvalue weighted by Gasteiger charge is 2.51. The first-order valence-corrected chi connectivity index (χ1v) is 27.4. The fourth-order valence-corrected chi connectivity index (χ4v) is 9.96. The van der Waals surface area contributed by atoms with Gasteiger partial charge in [-0.15, -0.1) is 0 Å². The van der Waals surface area contributed by atoms with Crippen LogP contribution in [-0.4, -0.2) is 42.6 Å². The Hall–Kier alpha value is -8.55. The number of fused-ring (bicyclic) bond motifs is 1. The van der Waals surface area contributed by atoms with E-state index in [4.69, 9.17) is 47.4 Å². The van der Waals surface area contributed by atoms with E-state index in [1.54, 1.807) is 12.1 Å². The Labute approximate surface area is 473 Å². The van der Waals surface area contributed by atoms with Crippen molar-refractivity contribution < 1.29 is 52.2 Å². The third kappa shape index (κ3) is 14.3. The summed E-state index contributed by atoms with van der Waals surface area (Å²) in [6.07, 6.45) is -6.61. The standard InChI is InChI=1S/C70H64O11/c1-49-65(76-46-54-31-17-6-18-32-54)68(77-47-55-33-19-7-20-34-55)69(78-48-56-35-21-8-22-36-56)70(79-49)81-67-64(71)63-61(75-45-53-29-15-5-16-30-53)40-58(72-42-50-23-9-2-10-24-50)41-62(63)80-66(67)57-37-38-59(73-43-51-25-11-3-12-26-51)60(39-57)74-44-52-27-13-4-14-28-52/h2-41,49,65-70H,42-48H2,1H3/t49?,65-,66+,67-,68-,69?,70-/m0/s1. The van der Waals surface area contributed by atoms with Gasteiger partial charge in [0.25, 0.3) is 0 Å². The minimum Gasteiger partial charge on any atom is -0.489 e. The maximum Gasteiger partial charge on any atom is 0.203 e. The van der Waals surface area contributed by atoms with Crippen LogP contribution in [0.5, 0.6) is 28.7 Å². The van der Waals surface area contributed by atoms with Crippen LogP contribution in [0, 0.1) is 0 Å². The number of hydrogen-bond donors (Lipinski definition) is 0. The third-order valence-corrected chi connectivity index (χ3v) is 14.2. The first-order valence-electron chi connectivity index (χ1n) is 27.4. The van der Waals surface area contributed by atoms with Gasteiger partial charge in [0.2, 0.25) is 5.78 Å². The molecule has 0 aliphatic carbocycles. The van der Waals surface area contributed by atoms with Gasteiger partial charge < -0.3 is 47.4 Å². The van der Waals surface area contributed by atoms with Crippen molar-refractivity contribution in [3.05, 3.63) is 293 Å². The molecule has 7 atom stereocenters. The predicted molar refractivity (Wildman–Crippen MR) is 308 cm³/mol. The second-order valence-electron chi connectivity index (χ2n) is 20.1. The van der Waals surface area contributed by atoms with Crippen LogP contribution in [0.25, 0.3) is 0 Å². The number of rotatable bonds is 24. The molecule has 2 aliphatic heterocycles. The van der Waals surface area contributed by atoms with E-state index >= 15 is 4.79 Å². The van der Waals surface area contributed by atoms with E-state index in [0.29, 0.717) is 29.4 Å². The molecule has 2 aliphatic rings. The molecule has 1 fully saturated rings. The lowest BCUT2D eigenvalue weighted by Gasteiger charge is -2.46. The summed E-state index contributed by atoms with van der Waals surface area (Å²) >= 11 is 0. The Bertz CT molecular complexity index is 3370. The Morgan fingerprint density at radius 1 is 0.383 bits per heavy atom. The molecule has 0 aromatic heterocycles. The molecule has 0 amide bonds. The number of hydrogen-bond acceptors (Lipinski definition) is 11. The Morgan fingerprint density at radius 2 is 0.778 bits per heavy atom. The van der Waals surface area contributed by atoms with Crippen molar-refractivity contribution in [2.45, 2.75) is 96.1 Å². The Morgan fingerprint density at radius 3 is 1.25 bits per heavy atom. The number of ether oxygens (including phenoxy) is 10. The lowest BCUT2D eigenvalue weighted by atomic mass is 9.91. The first kappa shape index (κ1) is 54.4. The number of carbonyl (C=O) groups excluding carboxylic acids is 1. The van der Waals surface area contributed by atoms with E-state index in [-0.39, 0.29) is 56.7 Å². The van der Waals surface area contributed by atoms with Crippen molar-refractivity contribution in [2.75, 3.05) is 0 Å². The Balaban J connectivity index is 1.00. The fourth-order valence-electron chi connectivity index (χ4n) is 9.96. The molecule has 11 rings (SSSR count). The molecule has 11 nitrogen and oxygen atoms in total. The SMILES string of the molecule is CC1O[C@@H](O[C@H]2C(=O)c3c(OCc4ccccc4)cc(OCc4ccccc4)cc3O[C@@H]2c2ccc(OCc3ccccc3)c(OCc3ccccc3)c2)C(OCc2ccccc2)[C@@H](OCc2ccccc2)[C@H]1OCc1ccccc1. The molecular weight excluding hydrogens is 1020 g/mol. The van der Waals surface area contributed by atoms with E-state index in [0.717, 1.165) is 38.9 Å². The molecule has 9 aromatic carbocycles. The van der Waals surface area contributed by atoms with Crippen molar-refractivity contribution >= 4 is 5.78 Å². The van der Waals surface area contributed by atoms with Crippen molar-refractivity contribution in [2.24, 2.45) is 0 Å². The maximum absolute atomic E-state index is 16.1. The topological polar surface area (TPSA) is 109 Å². The van der Waals surface area contributed by atoms with E-state index in [2.05, 4.69) is 0 Å². The number of benzene rings is 9. The second-order valence-corrected chi connectivity index (χ2v) is 20.1. The van der Waals surface area contributed by atoms with Crippen LogP contribution in [0.2, 0.25) is 0 Å². The van der Waals surface area contributed by atoms with Gasteiger partial charge in [0, 0.05) is 12.1 Å². The van der Waals surface area contributed by atoms with Crippen LogP contribution in [0.4, 0.5) is 0 Å². The summed E-state index contributed by atoms with van der Waals surface area (Å²) in [7, 11) is 0.